The molecule has 0 saturated heterocycles. The number of hydrogen-bond acceptors (Lipinski definition) is 1. The molecule has 2 aromatic rings. The highest BCUT2D eigenvalue weighted by Gasteiger charge is 2.15. The van der Waals surface area contributed by atoms with Gasteiger partial charge >= 0.3 is 0 Å². The number of aliphatic hydroxyl groups excluding tert-OH is 1. The molecule has 2 aromatic carbocycles. The van der Waals surface area contributed by atoms with Gasteiger partial charge in [0.15, 0.2) is 0 Å². The first-order valence-corrected chi connectivity index (χ1v) is 8.44. The minimum absolute atomic E-state index is 0. The van der Waals surface area contributed by atoms with Crippen molar-refractivity contribution in [2.45, 2.75) is 6.54 Å². The monoisotopic (exact) mass is 371 g/mol. The standard InChI is InChI=1S/C13H20NO.C10H10.ClH/c1-4-12-7-5-6-8-13(12)11-14(2,3)9-10-15;1-3-9-7-5-6-8-10(9)4-2;/h4-8,15H,1,9-11H2,2-3H3;3-8H,1-2H2;1H/q+1;;/p-1. The molecule has 0 aliphatic rings. The summed E-state index contributed by atoms with van der Waals surface area (Å²) in [6, 6.07) is 16.3. The van der Waals surface area contributed by atoms with E-state index < -0.39 is 0 Å². The largest absolute Gasteiger partial charge is 1.00 e. The van der Waals surface area contributed by atoms with Gasteiger partial charge in [0.05, 0.1) is 20.7 Å². The maximum Gasteiger partial charge on any atom is 0.105 e. The summed E-state index contributed by atoms with van der Waals surface area (Å²) >= 11 is 0. The second-order valence-electron chi connectivity index (χ2n) is 6.48. The van der Waals surface area contributed by atoms with Crippen LogP contribution < -0.4 is 12.4 Å². The van der Waals surface area contributed by atoms with Crippen molar-refractivity contribution in [2.75, 3.05) is 27.2 Å². The van der Waals surface area contributed by atoms with Crippen LogP contribution in [0, 0.1) is 0 Å². The maximum atomic E-state index is 8.97. The zero-order valence-electron chi connectivity index (χ0n) is 15.9. The third kappa shape index (κ3) is 7.83. The topological polar surface area (TPSA) is 20.2 Å². The van der Waals surface area contributed by atoms with E-state index >= 15 is 0 Å². The van der Waals surface area contributed by atoms with Crippen molar-refractivity contribution >= 4 is 18.2 Å². The molecule has 26 heavy (non-hydrogen) atoms. The lowest BCUT2D eigenvalue weighted by atomic mass is 10.1. The number of rotatable bonds is 7. The highest BCUT2D eigenvalue weighted by Crippen LogP contribution is 2.15. The molecule has 0 unspecified atom stereocenters. The van der Waals surface area contributed by atoms with Gasteiger partial charge in [0.1, 0.15) is 13.1 Å². The van der Waals surface area contributed by atoms with Crippen molar-refractivity contribution in [3.63, 3.8) is 0 Å². The lowest BCUT2D eigenvalue weighted by molar-refractivity contribution is -0.903. The summed E-state index contributed by atoms with van der Waals surface area (Å²) in [7, 11) is 4.24. The molecule has 0 atom stereocenters. The van der Waals surface area contributed by atoms with Gasteiger partial charge in [-0.1, -0.05) is 86.5 Å². The molecule has 0 saturated carbocycles. The van der Waals surface area contributed by atoms with Gasteiger partial charge in [0.25, 0.3) is 0 Å². The smallest absolute Gasteiger partial charge is 0.105 e. The second-order valence-corrected chi connectivity index (χ2v) is 6.48. The Balaban J connectivity index is 0.000000497. The molecule has 140 valence electrons. The zero-order chi connectivity index (χ0) is 18.7. The average molecular weight is 372 g/mol. The fraction of sp³-hybridized carbons (Fsp3) is 0.217. The Kier molecular flexibility index (Phi) is 11.3. The molecule has 1 N–H and O–H groups in total. The van der Waals surface area contributed by atoms with Gasteiger partial charge < -0.3 is 22.0 Å². The third-order valence-electron chi connectivity index (χ3n) is 4.01. The molecule has 0 heterocycles. The van der Waals surface area contributed by atoms with Crippen LogP contribution in [0.15, 0.2) is 68.3 Å². The van der Waals surface area contributed by atoms with E-state index in [0.717, 1.165) is 28.7 Å². The highest BCUT2D eigenvalue weighted by atomic mass is 35.5. The molecule has 2 nitrogen and oxygen atoms in total. The van der Waals surface area contributed by atoms with Crippen molar-refractivity contribution in [3.05, 3.63) is 90.5 Å². The number of nitrogens with zero attached hydrogens (tertiary/aromatic N) is 1. The number of likely N-dealkylation sites (N-methyl/N-ethyl adjacent to an activating group) is 1. The van der Waals surface area contributed by atoms with E-state index in [1.165, 1.54) is 11.1 Å². The van der Waals surface area contributed by atoms with E-state index in [0.29, 0.717) is 0 Å². The normalized spacial score (nSPS) is 9.96. The van der Waals surface area contributed by atoms with Gasteiger partial charge in [-0.2, -0.15) is 0 Å². The van der Waals surface area contributed by atoms with Crippen LogP contribution in [0.1, 0.15) is 22.3 Å². The molecule has 3 heteroatoms. The van der Waals surface area contributed by atoms with E-state index in [9.17, 15) is 0 Å². The van der Waals surface area contributed by atoms with Crippen LogP contribution in [0.25, 0.3) is 18.2 Å². The number of aliphatic hydroxyl groups is 1. The number of hydrogen-bond donors (Lipinski definition) is 1. The van der Waals surface area contributed by atoms with Gasteiger partial charge in [-0.15, -0.1) is 0 Å². The Morgan fingerprint density at radius 3 is 1.65 bits per heavy atom. The molecule has 0 bridgehead atoms. The molecule has 2 rings (SSSR count). The predicted molar refractivity (Wildman–Crippen MR) is 111 cm³/mol. The van der Waals surface area contributed by atoms with Crippen LogP contribution in [0.4, 0.5) is 0 Å². The Morgan fingerprint density at radius 1 is 0.808 bits per heavy atom. The van der Waals surface area contributed by atoms with E-state index in [2.05, 4.69) is 46.0 Å². The summed E-state index contributed by atoms with van der Waals surface area (Å²) < 4.78 is 0.793. The van der Waals surface area contributed by atoms with Crippen molar-refractivity contribution in [1.82, 2.24) is 0 Å². The zero-order valence-corrected chi connectivity index (χ0v) is 16.6. The van der Waals surface area contributed by atoms with Crippen LogP contribution in [0.5, 0.6) is 0 Å². The third-order valence-corrected chi connectivity index (χ3v) is 4.01. The summed E-state index contributed by atoms with van der Waals surface area (Å²) in [6.07, 6.45) is 5.54. The fourth-order valence-electron chi connectivity index (χ4n) is 2.57. The number of benzene rings is 2. The Morgan fingerprint density at radius 2 is 1.23 bits per heavy atom. The van der Waals surface area contributed by atoms with Gasteiger partial charge in [-0.05, 0) is 16.7 Å². The van der Waals surface area contributed by atoms with Crippen LogP contribution in [0.3, 0.4) is 0 Å². The number of halogens is 1. The molecule has 0 aromatic heterocycles. The average Bonchev–Trinajstić information content (AvgIpc) is 2.62. The van der Waals surface area contributed by atoms with E-state index in [1.54, 1.807) is 0 Å². The Hall–Kier alpha value is -2.13. The van der Waals surface area contributed by atoms with Crippen molar-refractivity contribution < 1.29 is 22.0 Å². The first-order valence-electron chi connectivity index (χ1n) is 8.44. The van der Waals surface area contributed by atoms with Gasteiger partial charge in [-0.3, -0.25) is 0 Å². The maximum absolute atomic E-state index is 8.97. The van der Waals surface area contributed by atoms with Gasteiger partial charge in [-0.25, -0.2) is 0 Å². The number of quaternary nitrogens is 1. The van der Waals surface area contributed by atoms with E-state index in [4.69, 9.17) is 5.11 Å². The minimum Gasteiger partial charge on any atom is -1.00 e. The van der Waals surface area contributed by atoms with Crippen molar-refractivity contribution in [3.8, 4) is 0 Å². The van der Waals surface area contributed by atoms with Crippen LogP contribution in [-0.4, -0.2) is 36.8 Å². The quantitative estimate of drug-likeness (QED) is 0.737. The summed E-state index contributed by atoms with van der Waals surface area (Å²) in [5.74, 6) is 0. The van der Waals surface area contributed by atoms with E-state index in [-0.39, 0.29) is 19.0 Å². The predicted octanol–water partition coefficient (Wildman–Crippen LogP) is 1.87. The molecule has 0 radical (unpaired) electrons. The van der Waals surface area contributed by atoms with Crippen LogP contribution >= 0.6 is 0 Å². The molecule has 0 spiro atoms. The van der Waals surface area contributed by atoms with Crippen LogP contribution in [0.2, 0.25) is 0 Å². The van der Waals surface area contributed by atoms with Crippen molar-refractivity contribution in [1.29, 1.82) is 0 Å². The summed E-state index contributed by atoms with van der Waals surface area (Å²) in [4.78, 5) is 0. The van der Waals surface area contributed by atoms with Gasteiger partial charge in [0.2, 0.25) is 0 Å². The van der Waals surface area contributed by atoms with Gasteiger partial charge in [0, 0.05) is 5.56 Å². The summed E-state index contributed by atoms with van der Waals surface area (Å²) in [6.45, 7) is 13.1. The second kappa shape index (κ2) is 12.3. The van der Waals surface area contributed by atoms with Crippen molar-refractivity contribution in [2.24, 2.45) is 0 Å². The Labute approximate surface area is 164 Å². The summed E-state index contributed by atoms with van der Waals surface area (Å²) in [5, 5.41) is 8.97. The van der Waals surface area contributed by atoms with E-state index in [1.807, 2.05) is 54.6 Å². The molecule has 0 fully saturated rings. The molecular weight excluding hydrogens is 342 g/mol. The molecular formula is C23H30ClNO. The molecule has 0 amide bonds. The highest BCUT2D eigenvalue weighted by molar-refractivity contribution is 5.63. The SMILES string of the molecule is C=Cc1ccccc1C=C.C=Cc1ccccc1C[N+](C)(C)CCO.[Cl-]. The summed E-state index contributed by atoms with van der Waals surface area (Å²) in [5.41, 5.74) is 4.74. The lowest BCUT2D eigenvalue weighted by Gasteiger charge is -2.29. The molecule has 0 aliphatic carbocycles. The Bertz CT molecular complexity index is 680. The minimum atomic E-state index is 0. The first-order chi connectivity index (χ1) is 12.0. The fourth-order valence-corrected chi connectivity index (χ4v) is 2.57. The lowest BCUT2D eigenvalue weighted by Crippen LogP contribution is -3.00. The van der Waals surface area contributed by atoms with Crippen LogP contribution in [-0.2, 0) is 6.54 Å². The molecule has 0 aliphatic heterocycles. The first kappa shape index (κ1) is 23.9.